The Morgan fingerprint density at radius 3 is 3.16 bits per heavy atom. The summed E-state index contributed by atoms with van der Waals surface area (Å²) in [5.41, 5.74) is 4.15. The van der Waals surface area contributed by atoms with Gasteiger partial charge in [0, 0.05) is 36.9 Å². The second-order valence-electron chi connectivity index (χ2n) is 4.84. The molecule has 0 fully saturated rings. The molecule has 0 bridgehead atoms. The number of nitrogens with zero attached hydrogens (tertiary/aromatic N) is 4. The van der Waals surface area contributed by atoms with Gasteiger partial charge in [-0.1, -0.05) is 0 Å². The number of aromatic nitrogens is 4. The van der Waals surface area contributed by atoms with Crippen LogP contribution in [0.3, 0.4) is 0 Å². The average molecular weight is 251 g/mol. The molecule has 1 N–H and O–H groups in total. The van der Waals surface area contributed by atoms with Crippen molar-refractivity contribution in [2.75, 3.05) is 18.5 Å². The first kappa shape index (κ1) is 10.5. The minimum atomic E-state index is 0.864. The van der Waals surface area contributed by atoms with Crippen molar-refractivity contribution >= 4 is 16.9 Å². The fourth-order valence-electron chi connectivity index (χ4n) is 2.66. The number of likely N-dealkylation sites (N-methyl/N-ethyl adjacent to an activating group) is 1. The Bertz CT molecular complexity index is 761. The quantitative estimate of drug-likeness (QED) is 0.718. The fraction of sp³-hybridized carbons (Fsp3) is 0.214. The van der Waals surface area contributed by atoms with Crippen LogP contribution in [-0.2, 0) is 6.42 Å². The number of H-pyrrole nitrogens is 1. The van der Waals surface area contributed by atoms with Crippen molar-refractivity contribution in [3.63, 3.8) is 0 Å². The molecule has 5 heteroatoms. The van der Waals surface area contributed by atoms with Crippen molar-refractivity contribution < 1.29 is 0 Å². The number of pyridine rings is 1. The number of anilines is 1. The van der Waals surface area contributed by atoms with Gasteiger partial charge in [0.2, 0.25) is 0 Å². The Balaban J connectivity index is 1.91. The third kappa shape index (κ3) is 1.51. The van der Waals surface area contributed by atoms with Gasteiger partial charge in [-0.15, -0.1) is 0 Å². The lowest BCUT2D eigenvalue weighted by atomic mass is 10.1. The van der Waals surface area contributed by atoms with Crippen molar-refractivity contribution in [1.82, 2.24) is 19.9 Å². The van der Waals surface area contributed by atoms with Gasteiger partial charge in [0.1, 0.15) is 17.8 Å². The van der Waals surface area contributed by atoms with E-state index in [4.69, 9.17) is 0 Å². The normalized spacial score (nSPS) is 14.1. The van der Waals surface area contributed by atoms with Crippen LogP contribution in [0, 0.1) is 0 Å². The van der Waals surface area contributed by atoms with Crippen LogP contribution >= 0.6 is 0 Å². The summed E-state index contributed by atoms with van der Waals surface area (Å²) in [5, 5.41) is 1.04. The molecule has 19 heavy (non-hydrogen) atoms. The van der Waals surface area contributed by atoms with Crippen LogP contribution in [0.1, 0.15) is 5.56 Å². The van der Waals surface area contributed by atoms with Crippen molar-refractivity contribution in [3.05, 3.63) is 36.4 Å². The predicted octanol–water partition coefficient (Wildman–Crippen LogP) is 2.01. The van der Waals surface area contributed by atoms with E-state index in [2.05, 4.69) is 37.9 Å². The van der Waals surface area contributed by atoms with E-state index in [0.717, 1.165) is 41.1 Å². The van der Waals surface area contributed by atoms with E-state index >= 15 is 0 Å². The van der Waals surface area contributed by atoms with Crippen LogP contribution in [0.2, 0.25) is 0 Å². The lowest BCUT2D eigenvalue weighted by Crippen LogP contribution is -2.13. The van der Waals surface area contributed by atoms with Crippen LogP contribution in [0.4, 0.5) is 5.82 Å². The minimum absolute atomic E-state index is 0.864. The number of rotatable bonds is 1. The van der Waals surface area contributed by atoms with Gasteiger partial charge in [-0.25, -0.2) is 15.0 Å². The van der Waals surface area contributed by atoms with Crippen LogP contribution < -0.4 is 4.90 Å². The molecular formula is C14H13N5. The van der Waals surface area contributed by atoms with E-state index in [0.29, 0.717) is 0 Å². The highest BCUT2D eigenvalue weighted by atomic mass is 15.2. The Labute approximate surface area is 110 Å². The minimum Gasteiger partial charge on any atom is -0.359 e. The fourth-order valence-corrected chi connectivity index (χ4v) is 2.66. The van der Waals surface area contributed by atoms with Crippen molar-refractivity contribution in [1.29, 1.82) is 0 Å². The van der Waals surface area contributed by atoms with Gasteiger partial charge in [0.05, 0.1) is 5.69 Å². The molecule has 3 aromatic rings. The predicted molar refractivity (Wildman–Crippen MR) is 74.1 cm³/mol. The van der Waals surface area contributed by atoms with E-state index in [9.17, 15) is 0 Å². The van der Waals surface area contributed by atoms with Crippen LogP contribution in [0.25, 0.3) is 22.3 Å². The van der Waals surface area contributed by atoms with E-state index in [-0.39, 0.29) is 0 Å². The van der Waals surface area contributed by atoms with E-state index < -0.39 is 0 Å². The molecule has 0 unspecified atom stereocenters. The molecule has 0 spiro atoms. The lowest BCUT2D eigenvalue weighted by Gasteiger charge is -2.10. The van der Waals surface area contributed by atoms with Crippen molar-refractivity contribution in [2.45, 2.75) is 6.42 Å². The first-order chi connectivity index (χ1) is 9.33. The smallest absolute Gasteiger partial charge is 0.141 e. The van der Waals surface area contributed by atoms with E-state index in [1.54, 1.807) is 6.33 Å². The zero-order valence-corrected chi connectivity index (χ0v) is 10.6. The molecular weight excluding hydrogens is 238 g/mol. The summed E-state index contributed by atoms with van der Waals surface area (Å²) in [6.45, 7) is 1.04. The second kappa shape index (κ2) is 3.78. The summed E-state index contributed by atoms with van der Waals surface area (Å²) in [6.07, 6.45) is 6.43. The summed E-state index contributed by atoms with van der Waals surface area (Å²) in [5.74, 6) is 1.09. The van der Waals surface area contributed by atoms with Gasteiger partial charge in [-0.05, 0) is 24.1 Å². The first-order valence-electron chi connectivity index (χ1n) is 6.31. The zero-order chi connectivity index (χ0) is 12.8. The van der Waals surface area contributed by atoms with Gasteiger partial charge in [0.15, 0.2) is 0 Å². The van der Waals surface area contributed by atoms with E-state index in [1.807, 2.05) is 18.5 Å². The second-order valence-corrected chi connectivity index (χ2v) is 4.84. The number of aromatic amines is 1. The van der Waals surface area contributed by atoms with E-state index in [1.165, 1.54) is 5.56 Å². The summed E-state index contributed by atoms with van der Waals surface area (Å²) < 4.78 is 0. The monoisotopic (exact) mass is 251 g/mol. The van der Waals surface area contributed by atoms with Crippen molar-refractivity contribution in [2.24, 2.45) is 0 Å². The molecule has 0 radical (unpaired) electrons. The van der Waals surface area contributed by atoms with Gasteiger partial charge >= 0.3 is 0 Å². The summed E-state index contributed by atoms with van der Waals surface area (Å²) in [6, 6.07) is 4.20. The molecule has 0 aromatic carbocycles. The average Bonchev–Trinajstić information content (AvgIpc) is 3.05. The van der Waals surface area contributed by atoms with Crippen LogP contribution in [0.5, 0.6) is 0 Å². The third-order valence-corrected chi connectivity index (χ3v) is 3.65. The molecule has 0 saturated carbocycles. The highest BCUT2D eigenvalue weighted by Crippen LogP contribution is 2.30. The Morgan fingerprint density at radius 2 is 2.21 bits per heavy atom. The summed E-state index contributed by atoms with van der Waals surface area (Å²) >= 11 is 0. The van der Waals surface area contributed by atoms with Gasteiger partial charge in [-0.2, -0.15) is 0 Å². The third-order valence-electron chi connectivity index (χ3n) is 3.65. The molecule has 4 heterocycles. The topological polar surface area (TPSA) is 57.7 Å². The zero-order valence-electron chi connectivity index (χ0n) is 10.6. The molecule has 0 saturated heterocycles. The highest BCUT2D eigenvalue weighted by molar-refractivity contribution is 5.90. The Hall–Kier alpha value is -2.43. The molecule has 4 rings (SSSR count). The molecule has 1 aliphatic rings. The number of fused-ring (bicyclic) bond motifs is 2. The molecule has 3 aromatic heterocycles. The van der Waals surface area contributed by atoms with Gasteiger partial charge < -0.3 is 9.88 Å². The van der Waals surface area contributed by atoms with Crippen molar-refractivity contribution in [3.8, 4) is 11.3 Å². The maximum absolute atomic E-state index is 4.56. The van der Waals surface area contributed by atoms with Crippen LogP contribution in [0.15, 0.2) is 30.9 Å². The maximum Gasteiger partial charge on any atom is 0.141 e. The molecule has 5 nitrogen and oxygen atoms in total. The Morgan fingerprint density at radius 1 is 1.26 bits per heavy atom. The number of hydrogen-bond donors (Lipinski definition) is 1. The maximum atomic E-state index is 4.56. The largest absolute Gasteiger partial charge is 0.359 e. The molecule has 0 amide bonds. The SMILES string of the molecule is CN1CCc2cc(-c3ncnc4[nH]ccc34)cnc21. The standard InChI is InChI=1S/C14H13N5/c1-19-5-3-9-6-10(7-16-14(9)19)12-11-2-4-15-13(11)18-8-17-12/h2,4,6-8H,3,5H2,1H3,(H,15,17,18). The summed E-state index contributed by atoms with van der Waals surface area (Å²) in [4.78, 5) is 18.5. The molecule has 1 aliphatic heterocycles. The first-order valence-corrected chi connectivity index (χ1v) is 6.31. The van der Waals surface area contributed by atoms with Gasteiger partial charge in [0.25, 0.3) is 0 Å². The molecule has 0 aliphatic carbocycles. The van der Waals surface area contributed by atoms with Crippen LogP contribution in [-0.4, -0.2) is 33.5 Å². The van der Waals surface area contributed by atoms with Gasteiger partial charge in [-0.3, -0.25) is 0 Å². The summed E-state index contributed by atoms with van der Waals surface area (Å²) in [7, 11) is 2.08. The number of hydrogen-bond acceptors (Lipinski definition) is 4. The lowest BCUT2D eigenvalue weighted by molar-refractivity contribution is 0.945. The molecule has 94 valence electrons. The molecule has 0 atom stereocenters. The number of nitrogens with one attached hydrogen (secondary N) is 1. The highest BCUT2D eigenvalue weighted by Gasteiger charge is 2.18. The Kier molecular flexibility index (Phi) is 2.09.